The van der Waals surface area contributed by atoms with Crippen LogP contribution in [0.25, 0.3) is 0 Å². The van der Waals surface area contributed by atoms with Gasteiger partial charge in [-0.1, -0.05) is 32.4 Å². The zero-order valence-corrected chi connectivity index (χ0v) is 10.5. The summed E-state index contributed by atoms with van der Waals surface area (Å²) in [5, 5.41) is 0. The average Bonchev–Trinajstić information content (AvgIpc) is 2.29. The van der Waals surface area contributed by atoms with Crippen molar-refractivity contribution in [2.75, 3.05) is 13.2 Å². The lowest BCUT2D eigenvalue weighted by atomic mass is 10.0. The molecule has 2 heteroatoms. The maximum Gasteiger partial charge on any atom is 0.122 e. The normalized spacial score (nSPS) is 10.4. The van der Waals surface area contributed by atoms with E-state index in [2.05, 4.69) is 32.0 Å². The zero-order chi connectivity index (χ0) is 11.8. The van der Waals surface area contributed by atoms with Crippen LogP contribution >= 0.6 is 0 Å². The Kier molecular flexibility index (Phi) is 5.94. The number of hydrogen-bond acceptors (Lipinski definition) is 2. The summed E-state index contributed by atoms with van der Waals surface area (Å²) in [6, 6.07) is 6.49. The van der Waals surface area contributed by atoms with E-state index in [0.29, 0.717) is 6.54 Å². The van der Waals surface area contributed by atoms with Gasteiger partial charge in [-0.3, -0.25) is 0 Å². The first kappa shape index (κ1) is 13.0. The van der Waals surface area contributed by atoms with Crippen molar-refractivity contribution in [3.8, 4) is 5.75 Å². The predicted octanol–water partition coefficient (Wildman–Crippen LogP) is 2.93. The molecular formula is C14H23NO. The first-order valence-corrected chi connectivity index (χ1v) is 6.26. The Balaban J connectivity index is 2.80. The van der Waals surface area contributed by atoms with Crippen molar-refractivity contribution >= 4 is 0 Å². The summed E-state index contributed by atoms with van der Waals surface area (Å²) in [5.41, 5.74) is 8.26. The topological polar surface area (TPSA) is 35.2 Å². The fourth-order valence-corrected chi connectivity index (χ4v) is 1.78. The van der Waals surface area contributed by atoms with Crippen molar-refractivity contribution in [3.63, 3.8) is 0 Å². The summed E-state index contributed by atoms with van der Waals surface area (Å²) in [6.07, 6.45) is 4.25. The van der Waals surface area contributed by atoms with E-state index in [9.17, 15) is 0 Å². The molecule has 16 heavy (non-hydrogen) atoms. The molecule has 0 amide bonds. The Morgan fingerprint density at radius 1 is 1.12 bits per heavy atom. The van der Waals surface area contributed by atoms with Gasteiger partial charge in [0.2, 0.25) is 0 Å². The van der Waals surface area contributed by atoms with Crippen molar-refractivity contribution in [2.45, 2.75) is 39.5 Å². The largest absolute Gasteiger partial charge is 0.493 e. The molecule has 0 saturated carbocycles. The summed E-state index contributed by atoms with van der Waals surface area (Å²) < 4.78 is 5.72. The van der Waals surface area contributed by atoms with Gasteiger partial charge in [0.25, 0.3) is 0 Å². The lowest BCUT2D eigenvalue weighted by molar-refractivity contribution is 0.314. The van der Waals surface area contributed by atoms with Gasteiger partial charge in [-0.15, -0.1) is 0 Å². The van der Waals surface area contributed by atoms with E-state index < -0.39 is 0 Å². The monoisotopic (exact) mass is 221 g/mol. The van der Waals surface area contributed by atoms with Crippen LogP contribution in [0.1, 0.15) is 37.8 Å². The van der Waals surface area contributed by atoms with E-state index in [-0.39, 0.29) is 0 Å². The van der Waals surface area contributed by atoms with Crippen LogP contribution in [-0.4, -0.2) is 13.2 Å². The van der Waals surface area contributed by atoms with Crippen LogP contribution in [-0.2, 0) is 12.8 Å². The summed E-state index contributed by atoms with van der Waals surface area (Å²) in [6.45, 7) is 5.78. The van der Waals surface area contributed by atoms with Crippen LogP contribution in [0.3, 0.4) is 0 Å². The van der Waals surface area contributed by atoms with Gasteiger partial charge in [0, 0.05) is 0 Å². The molecule has 1 aromatic carbocycles. The third-order valence-corrected chi connectivity index (χ3v) is 2.54. The molecule has 2 N–H and O–H groups in total. The molecule has 0 unspecified atom stereocenters. The minimum Gasteiger partial charge on any atom is -0.493 e. The molecular weight excluding hydrogens is 198 g/mol. The lowest BCUT2D eigenvalue weighted by Gasteiger charge is -2.12. The molecule has 1 aromatic rings. The van der Waals surface area contributed by atoms with Gasteiger partial charge in [-0.05, 0) is 43.0 Å². The molecule has 0 radical (unpaired) electrons. The van der Waals surface area contributed by atoms with Crippen LogP contribution < -0.4 is 10.5 Å². The van der Waals surface area contributed by atoms with E-state index in [1.807, 2.05) is 0 Å². The van der Waals surface area contributed by atoms with Crippen molar-refractivity contribution in [1.82, 2.24) is 0 Å². The number of ether oxygens (including phenoxy) is 1. The highest BCUT2D eigenvalue weighted by atomic mass is 16.5. The Morgan fingerprint density at radius 2 is 1.94 bits per heavy atom. The van der Waals surface area contributed by atoms with Crippen LogP contribution in [0.5, 0.6) is 5.75 Å². The van der Waals surface area contributed by atoms with Crippen molar-refractivity contribution < 1.29 is 4.74 Å². The molecule has 0 heterocycles. The Hall–Kier alpha value is -1.02. The maximum atomic E-state index is 5.72. The van der Waals surface area contributed by atoms with Gasteiger partial charge in [-0.25, -0.2) is 0 Å². The summed E-state index contributed by atoms with van der Waals surface area (Å²) >= 11 is 0. The second-order valence-corrected chi connectivity index (χ2v) is 4.08. The smallest absolute Gasteiger partial charge is 0.122 e. The van der Waals surface area contributed by atoms with E-state index in [1.54, 1.807) is 0 Å². The Morgan fingerprint density at radius 3 is 2.56 bits per heavy atom. The van der Waals surface area contributed by atoms with Crippen LogP contribution in [0, 0.1) is 0 Å². The van der Waals surface area contributed by atoms with E-state index in [1.165, 1.54) is 17.5 Å². The molecule has 0 aliphatic carbocycles. The Labute approximate surface area is 98.8 Å². The molecule has 0 aromatic heterocycles. The summed E-state index contributed by atoms with van der Waals surface area (Å²) in [4.78, 5) is 0. The van der Waals surface area contributed by atoms with Crippen molar-refractivity contribution in [2.24, 2.45) is 5.73 Å². The molecule has 0 aliphatic rings. The van der Waals surface area contributed by atoms with Crippen molar-refractivity contribution in [1.29, 1.82) is 0 Å². The SMILES string of the molecule is CCCOc1ccc(CCC)cc1CCN. The average molecular weight is 221 g/mol. The van der Waals surface area contributed by atoms with E-state index in [4.69, 9.17) is 10.5 Å². The first-order chi connectivity index (χ1) is 7.81. The van der Waals surface area contributed by atoms with Crippen LogP contribution in [0.2, 0.25) is 0 Å². The van der Waals surface area contributed by atoms with Crippen LogP contribution in [0.15, 0.2) is 18.2 Å². The number of rotatable bonds is 7. The van der Waals surface area contributed by atoms with E-state index in [0.717, 1.165) is 31.6 Å². The molecule has 90 valence electrons. The zero-order valence-electron chi connectivity index (χ0n) is 10.5. The first-order valence-electron chi connectivity index (χ1n) is 6.26. The molecule has 0 saturated heterocycles. The quantitative estimate of drug-likeness (QED) is 0.768. The predicted molar refractivity (Wildman–Crippen MR) is 69.0 cm³/mol. The summed E-state index contributed by atoms with van der Waals surface area (Å²) in [5.74, 6) is 1.01. The van der Waals surface area contributed by atoms with Gasteiger partial charge in [-0.2, -0.15) is 0 Å². The standard InChI is InChI=1S/C14H23NO/c1-3-5-12-6-7-14(16-10-4-2)13(11-12)8-9-15/h6-7,11H,3-5,8-10,15H2,1-2H3. The molecule has 2 nitrogen and oxygen atoms in total. The van der Waals surface area contributed by atoms with Gasteiger partial charge in [0.15, 0.2) is 0 Å². The number of aryl methyl sites for hydroxylation is 1. The summed E-state index contributed by atoms with van der Waals surface area (Å²) in [7, 11) is 0. The minimum absolute atomic E-state index is 0.679. The highest BCUT2D eigenvalue weighted by Gasteiger charge is 2.04. The number of benzene rings is 1. The molecule has 0 bridgehead atoms. The number of hydrogen-bond donors (Lipinski definition) is 1. The molecule has 1 rings (SSSR count). The fraction of sp³-hybridized carbons (Fsp3) is 0.571. The number of nitrogens with two attached hydrogens (primary N) is 1. The van der Waals surface area contributed by atoms with Gasteiger partial charge < -0.3 is 10.5 Å². The van der Waals surface area contributed by atoms with Crippen LogP contribution in [0.4, 0.5) is 0 Å². The minimum atomic E-state index is 0.679. The molecule has 0 fully saturated rings. The molecule has 0 atom stereocenters. The maximum absolute atomic E-state index is 5.72. The van der Waals surface area contributed by atoms with Crippen molar-refractivity contribution in [3.05, 3.63) is 29.3 Å². The van der Waals surface area contributed by atoms with Gasteiger partial charge >= 0.3 is 0 Å². The molecule has 0 spiro atoms. The second kappa shape index (κ2) is 7.29. The van der Waals surface area contributed by atoms with Gasteiger partial charge in [0.05, 0.1) is 6.61 Å². The Bertz CT molecular complexity index is 310. The fourth-order valence-electron chi connectivity index (χ4n) is 1.78. The highest BCUT2D eigenvalue weighted by molar-refractivity contribution is 5.37. The molecule has 0 aliphatic heterocycles. The second-order valence-electron chi connectivity index (χ2n) is 4.08. The third kappa shape index (κ3) is 3.86. The van der Waals surface area contributed by atoms with Gasteiger partial charge in [0.1, 0.15) is 5.75 Å². The highest BCUT2D eigenvalue weighted by Crippen LogP contribution is 2.21. The van der Waals surface area contributed by atoms with E-state index >= 15 is 0 Å². The lowest BCUT2D eigenvalue weighted by Crippen LogP contribution is -2.06. The third-order valence-electron chi connectivity index (χ3n) is 2.54.